The molecule has 0 saturated carbocycles. The summed E-state index contributed by atoms with van der Waals surface area (Å²) in [4.78, 5) is 10.8. The molecular formula is C13H16ClNO2. The molecule has 0 saturated heterocycles. The van der Waals surface area contributed by atoms with Crippen molar-refractivity contribution in [2.24, 2.45) is 0 Å². The molecule has 4 heteroatoms. The van der Waals surface area contributed by atoms with Crippen molar-refractivity contribution in [2.75, 3.05) is 13.2 Å². The first-order valence-electron chi connectivity index (χ1n) is 5.86. The maximum absolute atomic E-state index is 10.8. The van der Waals surface area contributed by atoms with Crippen LogP contribution in [0.5, 0.6) is 5.75 Å². The second-order valence-electron chi connectivity index (χ2n) is 4.19. The number of carbonyl (C=O) groups excluding carboxylic acids is 1. The third-order valence-corrected chi connectivity index (χ3v) is 3.27. The van der Waals surface area contributed by atoms with Crippen molar-refractivity contribution in [3.8, 4) is 5.75 Å². The number of hydrogen-bond donors (Lipinski definition) is 1. The zero-order valence-electron chi connectivity index (χ0n) is 9.88. The molecule has 2 rings (SSSR count). The molecule has 0 spiro atoms. The van der Waals surface area contributed by atoms with Gasteiger partial charge in [0.1, 0.15) is 5.75 Å². The van der Waals surface area contributed by atoms with Gasteiger partial charge in [-0.25, -0.2) is 0 Å². The van der Waals surface area contributed by atoms with Gasteiger partial charge in [-0.3, -0.25) is 4.79 Å². The zero-order chi connectivity index (χ0) is 12.3. The average molecular weight is 254 g/mol. The van der Waals surface area contributed by atoms with Gasteiger partial charge in [-0.15, -0.1) is 0 Å². The summed E-state index contributed by atoms with van der Waals surface area (Å²) in [6.07, 6.45) is 2.72. The third-order valence-electron chi connectivity index (χ3n) is 2.92. The maximum Gasteiger partial charge on any atom is 0.216 e. The molecule has 0 unspecified atom stereocenters. The number of carbonyl (C=O) groups is 1. The molecule has 1 aliphatic heterocycles. The largest absolute Gasteiger partial charge is 0.493 e. The molecule has 1 amide bonds. The van der Waals surface area contributed by atoms with E-state index in [-0.39, 0.29) is 5.91 Å². The summed E-state index contributed by atoms with van der Waals surface area (Å²) in [5.74, 6) is 0.974. The van der Waals surface area contributed by atoms with Gasteiger partial charge in [0.05, 0.1) is 6.61 Å². The van der Waals surface area contributed by atoms with Crippen LogP contribution in [-0.2, 0) is 17.6 Å². The van der Waals surface area contributed by atoms with Crippen LogP contribution in [0.25, 0.3) is 0 Å². The van der Waals surface area contributed by atoms with Gasteiger partial charge in [-0.05, 0) is 30.5 Å². The van der Waals surface area contributed by atoms with Gasteiger partial charge in [-0.2, -0.15) is 0 Å². The van der Waals surface area contributed by atoms with Gasteiger partial charge in [0, 0.05) is 30.5 Å². The smallest absolute Gasteiger partial charge is 0.216 e. The van der Waals surface area contributed by atoms with Crippen LogP contribution in [0.15, 0.2) is 12.1 Å². The molecule has 0 atom stereocenters. The Bertz CT molecular complexity index is 432. The van der Waals surface area contributed by atoms with Crippen molar-refractivity contribution in [3.63, 3.8) is 0 Å². The Morgan fingerprint density at radius 3 is 3.12 bits per heavy atom. The highest BCUT2D eigenvalue weighted by atomic mass is 35.5. The first-order valence-corrected chi connectivity index (χ1v) is 6.24. The Morgan fingerprint density at radius 2 is 2.35 bits per heavy atom. The van der Waals surface area contributed by atoms with Crippen molar-refractivity contribution < 1.29 is 9.53 Å². The molecule has 0 aromatic heterocycles. The van der Waals surface area contributed by atoms with Gasteiger partial charge in [0.25, 0.3) is 0 Å². The van der Waals surface area contributed by atoms with Crippen molar-refractivity contribution in [2.45, 2.75) is 26.2 Å². The van der Waals surface area contributed by atoms with Crippen molar-refractivity contribution in [3.05, 3.63) is 28.3 Å². The number of benzene rings is 1. The summed E-state index contributed by atoms with van der Waals surface area (Å²) in [6, 6.07) is 3.82. The Balaban J connectivity index is 2.00. The summed E-state index contributed by atoms with van der Waals surface area (Å²) in [6.45, 7) is 2.96. The van der Waals surface area contributed by atoms with Crippen LogP contribution in [0.1, 0.15) is 24.5 Å². The average Bonchev–Trinajstić information content (AvgIpc) is 2.74. The molecule has 0 bridgehead atoms. The topological polar surface area (TPSA) is 38.3 Å². The lowest BCUT2D eigenvalue weighted by Crippen LogP contribution is -2.21. The summed E-state index contributed by atoms with van der Waals surface area (Å²) >= 11 is 6.21. The number of hydrogen-bond acceptors (Lipinski definition) is 2. The highest BCUT2D eigenvalue weighted by Gasteiger charge is 2.17. The summed E-state index contributed by atoms with van der Waals surface area (Å²) in [5, 5.41) is 3.59. The first kappa shape index (κ1) is 12.2. The SMILES string of the molecule is CC(=O)NCCCc1c(Cl)ccc2c1CCO2. The number of amides is 1. The van der Waals surface area contributed by atoms with Crippen LogP contribution >= 0.6 is 11.6 Å². The van der Waals surface area contributed by atoms with E-state index in [4.69, 9.17) is 16.3 Å². The lowest BCUT2D eigenvalue weighted by atomic mass is 10.0. The molecule has 1 aliphatic rings. The lowest BCUT2D eigenvalue weighted by molar-refractivity contribution is -0.118. The number of halogens is 1. The highest BCUT2D eigenvalue weighted by Crippen LogP contribution is 2.33. The van der Waals surface area contributed by atoms with E-state index in [9.17, 15) is 4.79 Å². The van der Waals surface area contributed by atoms with Crippen LogP contribution in [0.4, 0.5) is 0 Å². The minimum Gasteiger partial charge on any atom is -0.493 e. The van der Waals surface area contributed by atoms with E-state index in [0.29, 0.717) is 6.54 Å². The van der Waals surface area contributed by atoms with Gasteiger partial charge < -0.3 is 10.1 Å². The molecule has 3 nitrogen and oxygen atoms in total. The van der Waals surface area contributed by atoms with Crippen LogP contribution in [0.3, 0.4) is 0 Å². The fraction of sp³-hybridized carbons (Fsp3) is 0.462. The lowest BCUT2D eigenvalue weighted by Gasteiger charge is -2.09. The van der Waals surface area contributed by atoms with E-state index in [1.807, 2.05) is 12.1 Å². The normalized spacial score (nSPS) is 13.1. The van der Waals surface area contributed by atoms with Gasteiger partial charge in [0.15, 0.2) is 0 Å². The van der Waals surface area contributed by atoms with Crippen LogP contribution in [0, 0.1) is 0 Å². The molecule has 17 heavy (non-hydrogen) atoms. The minimum atomic E-state index is 0.0118. The predicted molar refractivity (Wildman–Crippen MR) is 67.7 cm³/mol. The fourth-order valence-corrected chi connectivity index (χ4v) is 2.39. The summed E-state index contributed by atoms with van der Waals surface area (Å²) in [7, 11) is 0. The predicted octanol–water partition coefficient (Wildman–Crippen LogP) is 2.34. The Kier molecular flexibility index (Phi) is 3.89. The van der Waals surface area contributed by atoms with Crippen molar-refractivity contribution in [1.29, 1.82) is 0 Å². The standard InChI is InChI=1S/C13H16ClNO2/c1-9(16)15-7-2-3-10-11-6-8-17-13(11)5-4-12(10)14/h4-5H,2-3,6-8H2,1H3,(H,15,16). The van der Waals surface area contributed by atoms with Crippen molar-refractivity contribution >= 4 is 17.5 Å². The van der Waals surface area contributed by atoms with E-state index >= 15 is 0 Å². The molecule has 1 aromatic rings. The molecule has 0 aliphatic carbocycles. The maximum atomic E-state index is 10.8. The third kappa shape index (κ3) is 2.91. The molecule has 1 heterocycles. The van der Waals surface area contributed by atoms with E-state index in [2.05, 4.69) is 5.32 Å². The quantitative estimate of drug-likeness (QED) is 0.837. The van der Waals surface area contributed by atoms with Crippen molar-refractivity contribution in [1.82, 2.24) is 5.32 Å². The van der Waals surface area contributed by atoms with E-state index in [1.54, 1.807) is 0 Å². The first-order chi connectivity index (χ1) is 8.18. The number of rotatable bonds is 4. The number of ether oxygens (including phenoxy) is 1. The monoisotopic (exact) mass is 253 g/mol. The van der Waals surface area contributed by atoms with Gasteiger partial charge in [0.2, 0.25) is 5.91 Å². The molecule has 0 fully saturated rings. The molecule has 92 valence electrons. The molecule has 1 aromatic carbocycles. The number of nitrogens with one attached hydrogen (secondary N) is 1. The number of fused-ring (bicyclic) bond motifs is 1. The molecular weight excluding hydrogens is 238 g/mol. The second-order valence-corrected chi connectivity index (χ2v) is 4.59. The molecule has 1 N–H and O–H groups in total. The second kappa shape index (κ2) is 5.41. The Morgan fingerprint density at radius 1 is 1.53 bits per heavy atom. The summed E-state index contributed by atoms with van der Waals surface area (Å²) in [5.41, 5.74) is 2.41. The van der Waals surface area contributed by atoms with Gasteiger partial charge in [-0.1, -0.05) is 11.6 Å². The fourth-order valence-electron chi connectivity index (χ4n) is 2.12. The zero-order valence-corrected chi connectivity index (χ0v) is 10.6. The van der Waals surface area contributed by atoms with Crippen LogP contribution in [-0.4, -0.2) is 19.1 Å². The van der Waals surface area contributed by atoms with E-state index in [1.165, 1.54) is 18.1 Å². The molecule has 0 radical (unpaired) electrons. The Hall–Kier alpha value is -1.22. The minimum absolute atomic E-state index is 0.0118. The Labute approximate surface area is 106 Å². The van der Waals surface area contributed by atoms with E-state index < -0.39 is 0 Å². The highest BCUT2D eigenvalue weighted by molar-refractivity contribution is 6.31. The summed E-state index contributed by atoms with van der Waals surface area (Å²) < 4.78 is 5.51. The van der Waals surface area contributed by atoms with Gasteiger partial charge >= 0.3 is 0 Å². The van der Waals surface area contributed by atoms with Crippen LogP contribution < -0.4 is 10.1 Å². The van der Waals surface area contributed by atoms with E-state index in [0.717, 1.165) is 36.6 Å². The van der Waals surface area contributed by atoms with Crippen LogP contribution in [0.2, 0.25) is 5.02 Å².